The monoisotopic (exact) mass is 340 g/mol. The van der Waals surface area contributed by atoms with E-state index in [1.807, 2.05) is 24.4 Å². The molecule has 0 saturated carbocycles. The van der Waals surface area contributed by atoms with E-state index in [4.69, 9.17) is 12.2 Å². The highest BCUT2D eigenvalue weighted by Crippen LogP contribution is 2.25. The highest BCUT2D eigenvalue weighted by atomic mass is 32.1. The number of H-pyrrole nitrogens is 1. The summed E-state index contributed by atoms with van der Waals surface area (Å²) in [6, 6.07) is 3.33. The predicted octanol–water partition coefficient (Wildman–Crippen LogP) is 2.51. The van der Waals surface area contributed by atoms with Gasteiger partial charge in [0.1, 0.15) is 6.04 Å². The van der Waals surface area contributed by atoms with E-state index in [1.165, 1.54) is 11.3 Å². The van der Waals surface area contributed by atoms with Crippen LogP contribution < -0.4 is 5.32 Å². The minimum Gasteiger partial charge on any atom is -0.388 e. The zero-order chi connectivity index (χ0) is 16.3. The van der Waals surface area contributed by atoms with E-state index >= 15 is 0 Å². The van der Waals surface area contributed by atoms with Gasteiger partial charge in [0.15, 0.2) is 10.6 Å². The van der Waals surface area contributed by atoms with Gasteiger partial charge < -0.3 is 10.4 Å². The molecule has 2 heterocycles. The Morgan fingerprint density at radius 2 is 2.41 bits per heavy atom. The van der Waals surface area contributed by atoms with E-state index in [1.54, 1.807) is 18.4 Å². The molecule has 0 spiro atoms. The van der Waals surface area contributed by atoms with Gasteiger partial charge in [0, 0.05) is 6.54 Å². The normalized spacial score (nSPS) is 15.3. The maximum absolute atomic E-state index is 12.4. The molecule has 0 radical (unpaired) electrons. The minimum atomic E-state index is -0.913. The van der Waals surface area contributed by atoms with Crippen LogP contribution in [0.2, 0.25) is 0 Å². The van der Waals surface area contributed by atoms with Gasteiger partial charge in [0.2, 0.25) is 5.91 Å². The van der Waals surface area contributed by atoms with E-state index < -0.39 is 11.6 Å². The second-order valence-electron chi connectivity index (χ2n) is 5.44. The molecule has 3 N–H and O–H groups in total. The zero-order valence-electron chi connectivity index (χ0n) is 12.8. The molecule has 22 heavy (non-hydrogen) atoms. The third-order valence-corrected chi connectivity index (χ3v) is 4.77. The van der Waals surface area contributed by atoms with Crippen molar-refractivity contribution < 1.29 is 9.90 Å². The maximum atomic E-state index is 12.4. The molecule has 0 aliphatic carbocycles. The quantitative estimate of drug-likeness (QED) is 0.706. The number of amides is 1. The molecule has 2 aromatic rings. The third-order valence-electron chi connectivity index (χ3n) is 3.62. The van der Waals surface area contributed by atoms with E-state index in [2.05, 4.69) is 15.5 Å². The number of carbonyl (C=O) groups excluding carboxylic acids is 1. The van der Waals surface area contributed by atoms with Crippen molar-refractivity contribution >= 4 is 29.5 Å². The lowest BCUT2D eigenvalue weighted by atomic mass is 10.0. The summed E-state index contributed by atoms with van der Waals surface area (Å²) in [5.74, 6) is 0.439. The van der Waals surface area contributed by atoms with Crippen LogP contribution in [0.3, 0.4) is 0 Å². The molecule has 1 amide bonds. The molecule has 0 aliphatic rings. The van der Waals surface area contributed by atoms with Gasteiger partial charge in [-0.05, 0) is 43.9 Å². The number of nitrogens with one attached hydrogen (secondary N) is 2. The smallest absolute Gasteiger partial charge is 0.243 e. The van der Waals surface area contributed by atoms with E-state index in [0.29, 0.717) is 17.0 Å². The number of hydrogen-bond acceptors (Lipinski definition) is 5. The summed E-state index contributed by atoms with van der Waals surface area (Å²) < 4.78 is 2.09. The summed E-state index contributed by atoms with van der Waals surface area (Å²) in [4.78, 5) is 13.3. The van der Waals surface area contributed by atoms with Gasteiger partial charge in [-0.3, -0.25) is 14.5 Å². The van der Waals surface area contributed by atoms with Crippen LogP contribution in [0.1, 0.15) is 33.2 Å². The number of rotatable bonds is 6. The van der Waals surface area contributed by atoms with Gasteiger partial charge in [-0.2, -0.15) is 5.10 Å². The van der Waals surface area contributed by atoms with Crippen molar-refractivity contribution in [3.63, 3.8) is 0 Å². The molecule has 0 fully saturated rings. The first-order chi connectivity index (χ1) is 10.4. The third kappa shape index (κ3) is 3.63. The fourth-order valence-electron chi connectivity index (χ4n) is 1.91. The first-order valence-electron chi connectivity index (χ1n) is 7.06. The fourth-order valence-corrected chi connectivity index (χ4v) is 2.91. The molecule has 6 nitrogen and oxygen atoms in total. The number of nitrogens with zero attached hydrogens (tertiary/aromatic N) is 2. The van der Waals surface area contributed by atoms with Crippen LogP contribution in [-0.4, -0.2) is 37.9 Å². The molecule has 120 valence electrons. The number of aromatic amines is 1. The number of thiophene rings is 1. The second-order valence-corrected chi connectivity index (χ2v) is 6.78. The molecule has 0 aromatic carbocycles. The summed E-state index contributed by atoms with van der Waals surface area (Å²) in [7, 11) is 0. The topological polar surface area (TPSA) is 82.9 Å². The molecule has 2 rings (SSSR count). The fraction of sp³-hybridized carbons (Fsp3) is 0.500. The SMILES string of the molecule is CC[C@@](C)(O)CNC(=O)[C@@H](C)n1c(-c2cccs2)n[nH]c1=S. The van der Waals surface area contributed by atoms with Crippen LogP contribution in [0, 0.1) is 4.77 Å². The van der Waals surface area contributed by atoms with Crippen LogP contribution in [-0.2, 0) is 4.79 Å². The Hall–Kier alpha value is -1.51. The first-order valence-corrected chi connectivity index (χ1v) is 8.35. The van der Waals surface area contributed by atoms with Crippen LogP contribution in [0.5, 0.6) is 0 Å². The highest BCUT2D eigenvalue weighted by molar-refractivity contribution is 7.71. The first kappa shape index (κ1) is 16.9. The van der Waals surface area contributed by atoms with Crippen molar-refractivity contribution in [1.29, 1.82) is 0 Å². The standard InChI is InChI=1S/C14H20N4O2S2/c1-4-14(3,20)8-15-12(19)9(2)18-11(16-17-13(18)21)10-6-5-7-22-10/h5-7,9,20H,4,8H2,1-3H3,(H,15,19)(H,17,21)/t9-,14-/m1/s1. The number of carbonyl (C=O) groups is 1. The molecule has 8 heteroatoms. The summed E-state index contributed by atoms with van der Waals surface area (Å²) in [5.41, 5.74) is -0.913. The summed E-state index contributed by atoms with van der Waals surface area (Å²) >= 11 is 6.78. The number of hydrogen-bond donors (Lipinski definition) is 3. The summed E-state index contributed by atoms with van der Waals surface area (Å²) in [5, 5.41) is 21.6. The average molecular weight is 340 g/mol. The molecule has 0 bridgehead atoms. The van der Waals surface area contributed by atoms with Crippen molar-refractivity contribution in [1.82, 2.24) is 20.1 Å². The van der Waals surface area contributed by atoms with Crippen LogP contribution >= 0.6 is 23.6 Å². The Kier molecular flexibility index (Phi) is 5.15. The largest absolute Gasteiger partial charge is 0.388 e. The highest BCUT2D eigenvalue weighted by Gasteiger charge is 2.24. The van der Waals surface area contributed by atoms with Crippen LogP contribution in [0.25, 0.3) is 10.7 Å². The van der Waals surface area contributed by atoms with Gasteiger partial charge in [0.05, 0.1) is 10.5 Å². The Morgan fingerprint density at radius 3 is 3.00 bits per heavy atom. The Labute approximate surface area is 138 Å². The summed E-state index contributed by atoms with van der Waals surface area (Å²) in [6.45, 7) is 5.53. The van der Waals surface area contributed by atoms with Crippen molar-refractivity contribution in [2.24, 2.45) is 0 Å². The lowest BCUT2D eigenvalue weighted by Crippen LogP contribution is -2.42. The predicted molar refractivity (Wildman–Crippen MR) is 89.4 cm³/mol. The molecule has 0 aliphatic heterocycles. The molecule has 2 aromatic heterocycles. The Morgan fingerprint density at radius 1 is 1.68 bits per heavy atom. The van der Waals surface area contributed by atoms with Gasteiger partial charge in [-0.15, -0.1) is 11.3 Å². The van der Waals surface area contributed by atoms with Crippen molar-refractivity contribution in [3.05, 3.63) is 22.3 Å². The van der Waals surface area contributed by atoms with Crippen LogP contribution in [0.15, 0.2) is 17.5 Å². The molecule has 2 atom stereocenters. The number of aromatic nitrogens is 3. The molecule has 0 unspecified atom stereocenters. The average Bonchev–Trinajstić information content (AvgIpc) is 3.13. The zero-order valence-corrected chi connectivity index (χ0v) is 14.4. The van der Waals surface area contributed by atoms with Gasteiger partial charge in [-0.25, -0.2) is 0 Å². The maximum Gasteiger partial charge on any atom is 0.243 e. The van der Waals surface area contributed by atoms with Crippen molar-refractivity contribution in [2.75, 3.05) is 6.54 Å². The Balaban J connectivity index is 2.20. The van der Waals surface area contributed by atoms with E-state index in [9.17, 15) is 9.90 Å². The van der Waals surface area contributed by atoms with E-state index in [-0.39, 0.29) is 12.5 Å². The van der Waals surface area contributed by atoms with Gasteiger partial charge in [0.25, 0.3) is 0 Å². The lowest BCUT2D eigenvalue weighted by molar-refractivity contribution is -0.125. The van der Waals surface area contributed by atoms with Crippen molar-refractivity contribution in [3.8, 4) is 10.7 Å². The molecule has 0 saturated heterocycles. The number of aliphatic hydroxyl groups is 1. The second kappa shape index (κ2) is 6.72. The van der Waals surface area contributed by atoms with Gasteiger partial charge in [-0.1, -0.05) is 13.0 Å². The van der Waals surface area contributed by atoms with Crippen LogP contribution in [0.4, 0.5) is 0 Å². The molecular formula is C14H20N4O2S2. The summed E-state index contributed by atoms with van der Waals surface area (Å²) in [6.07, 6.45) is 0.563. The van der Waals surface area contributed by atoms with E-state index in [0.717, 1.165) is 4.88 Å². The van der Waals surface area contributed by atoms with Gasteiger partial charge >= 0.3 is 0 Å². The van der Waals surface area contributed by atoms with Crippen molar-refractivity contribution in [2.45, 2.75) is 38.8 Å². The minimum absolute atomic E-state index is 0.201. The lowest BCUT2D eigenvalue weighted by Gasteiger charge is -2.23. The Bertz CT molecular complexity index is 688. The molecular weight excluding hydrogens is 320 g/mol.